The molecular weight excluding hydrogens is 618 g/mol. The molecule has 11 heteroatoms. The van der Waals surface area contributed by atoms with Crippen LogP contribution in [0.5, 0.6) is 11.5 Å². The lowest BCUT2D eigenvalue weighted by Crippen LogP contribution is -2.27. The standard InChI is InChI=1S/C37H38F2N4O5/c1-45-32-21-29(22-33(23-32)46-2)36-42-34(26-7-11-30(38)12-8-26)35(27-9-13-31(39)14-10-27)43(36)24-25-3-5-28(6-4-25)37(44)41-16-18-48-20-19-47-17-15-40/h3-14,21-23H,15-20,24,40H2,1-2H3,(H,41,44). The molecule has 0 saturated heterocycles. The van der Waals surface area contributed by atoms with Crippen molar-refractivity contribution in [1.82, 2.24) is 14.9 Å². The number of amides is 1. The van der Waals surface area contributed by atoms with Crippen molar-refractivity contribution in [2.24, 2.45) is 5.73 Å². The summed E-state index contributed by atoms with van der Waals surface area (Å²) in [6, 6.07) is 25.0. The topological polar surface area (TPSA) is 110 Å². The van der Waals surface area contributed by atoms with Gasteiger partial charge in [0.15, 0.2) is 0 Å². The molecule has 1 amide bonds. The lowest BCUT2D eigenvalue weighted by atomic mass is 10.0. The second-order valence-electron chi connectivity index (χ2n) is 10.8. The van der Waals surface area contributed by atoms with Crippen molar-refractivity contribution in [1.29, 1.82) is 0 Å². The van der Waals surface area contributed by atoms with Crippen molar-refractivity contribution in [3.8, 4) is 45.4 Å². The lowest BCUT2D eigenvalue weighted by molar-refractivity contribution is 0.0511. The molecule has 0 aliphatic rings. The van der Waals surface area contributed by atoms with E-state index < -0.39 is 0 Å². The number of nitrogens with one attached hydrogen (secondary N) is 1. The summed E-state index contributed by atoms with van der Waals surface area (Å²) in [6.45, 7) is 2.87. The van der Waals surface area contributed by atoms with Crippen LogP contribution in [0.4, 0.5) is 8.78 Å². The molecule has 0 unspecified atom stereocenters. The Balaban J connectivity index is 1.49. The van der Waals surface area contributed by atoms with Gasteiger partial charge in [-0.05, 0) is 78.4 Å². The Morgan fingerprint density at radius 3 is 1.92 bits per heavy atom. The van der Waals surface area contributed by atoms with Crippen molar-refractivity contribution >= 4 is 5.91 Å². The van der Waals surface area contributed by atoms with Crippen molar-refractivity contribution in [2.75, 3.05) is 53.7 Å². The Hall–Kier alpha value is -5.10. The zero-order valence-electron chi connectivity index (χ0n) is 26.9. The highest BCUT2D eigenvalue weighted by Crippen LogP contribution is 2.39. The van der Waals surface area contributed by atoms with Gasteiger partial charge >= 0.3 is 0 Å². The smallest absolute Gasteiger partial charge is 0.251 e. The Morgan fingerprint density at radius 2 is 1.33 bits per heavy atom. The zero-order valence-corrected chi connectivity index (χ0v) is 26.9. The van der Waals surface area contributed by atoms with E-state index in [0.717, 1.165) is 5.56 Å². The summed E-state index contributed by atoms with van der Waals surface area (Å²) < 4.78 is 51.9. The van der Waals surface area contributed by atoms with Gasteiger partial charge in [0.2, 0.25) is 0 Å². The van der Waals surface area contributed by atoms with E-state index in [2.05, 4.69) is 5.32 Å². The van der Waals surface area contributed by atoms with Crippen LogP contribution in [0.3, 0.4) is 0 Å². The highest BCUT2D eigenvalue weighted by molar-refractivity contribution is 5.94. The SMILES string of the molecule is COc1cc(OC)cc(-c2nc(-c3ccc(F)cc3)c(-c3ccc(F)cc3)n2Cc2ccc(C(=O)NCCOCCOCCN)cc2)c1. The fraction of sp³-hybridized carbons (Fsp3) is 0.243. The Kier molecular flexibility index (Phi) is 11.9. The second-order valence-corrected chi connectivity index (χ2v) is 10.8. The third-order valence-corrected chi connectivity index (χ3v) is 7.54. The quantitative estimate of drug-likeness (QED) is 0.126. The molecule has 250 valence electrons. The third-order valence-electron chi connectivity index (χ3n) is 7.54. The first-order valence-electron chi connectivity index (χ1n) is 15.5. The number of hydrogen-bond donors (Lipinski definition) is 2. The lowest BCUT2D eigenvalue weighted by Gasteiger charge is -2.15. The molecule has 1 heterocycles. The maximum atomic E-state index is 14.1. The summed E-state index contributed by atoms with van der Waals surface area (Å²) in [5, 5.41) is 2.86. The average Bonchev–Trinajstić information content (AvgIpc) is 3.48. The fourth-order valence-corrected chi connectivity index (χ4v) is 5.16. The number of nitrogens with zero attached hydrogens (tertiary/aromatic N) is 2. The van der Waals surface area contributed by atoms with Crippen LogP contribution in [0.2, 0.25) is 0 Å². The van der Waals surface area contributed by atoms with Crippen molar-refractivity contribution < 1.29 is 32.5 Å². The van der Waals surface area contributed by atoms with E-state index >= 15 is 0 Å². The molecule has 0 radical (unpaired) electrons. The van der Waals surface area contributed by atoms with E-state index in [4.69, 9.17) is 29.7 Å². The summed E-state index contributed by atoms with van der Waals surface area (Å²) in [5.41, 5.74) is 10.2. The first kappa shape index (κ1) is 34.2. The predicted molar refractivity (Wildman–Crippen MR) is 180 cm³/mol. The largest absolute Gasteiger partial charge is 0.497 e. The normalized spacial score (nSPS) is 11.0. The van der Waals surface area contributed by atoms with Crippen LogP contribution in [0.1, 0.15) is 15.9 Å². The number of aromatic nitrogens is 2. The molecule has 9 nitrogen and oxygen atoms in total. The molecule has 1 aromatic heterocycles. The maximum Gasteiger partial charge on any atom is 0.251 e. The van der Waals surface area contributed by atoms with Gasteiger partial charge in [-0.2, -0.15) is 0 Å². The number of nitrogens with two attached hydrogens (primary N) is 1. The third kappa shape index (κ3) is 8.62. The van der Waals surface area contributed by atoms with Gasteiger partial charge in [-0.3, -0.25) is 4.79 Å². The molecule has 0 aliphatic heterocycles. The zero-order chi connectivity index (χ0) is 33.9. The molecule has 5 rings (SSSR count). The molecule has 3 N–H and O–H groups in total. The van der Waals surface area contributed by atoms with Gasteiger partial charge in [0.1, 0.15) is 29.0 Å². The minimum absolute atomic E-state index is 0.220. The van der Waals surface area contributed by atoms with Gasteiger partial charge in [0.25, 0.3) is 5.91 Å². The van der Waals surface area contributed by atoms with Crippen LogP contribution in [-0.2, 0) is 16.0 Å². The highest BCUT2D eigenvalue weighted by Gasteiger charge is 2.23. The molecule has 0 spiro atoms. The molecule has 0 saturated carbocycles. The van der Waals surface area contributed by atoms with Crippen molar-refractivity contribution in [3.63, 3.8) is 0 Å². The Labute approximate surface area is 278 Å². The van der Waals surface area contributed by atoms with E-state index in [-0.39, 0.29) is 17.5 Å². The van der Waals surface area contributed by atoms with Gasteiger partial charge in [-0.1, -0.05) is 12.1 Å². The Morgan fingerprint density at radius 1 is 0.750 bits per heavy atom. The number of carbonyl (C=O) groups excluding carboxylic acids is 1. The van der Waals surface area contributed by atoms with E-state index in [0.29, 0.717) is 97.0 Å². The molecule has 4 aromatic carbocycles. The fourth-order valence-electron chi connectivity index (χ4n) is 5.16. The molecule has 0 bridgehead atoms. The Bertz CT molecular complexity index is 1770. The summed E-state index contributed by atoms with van der Waals surface area (Å²) in [4.78, 5) is 17.9. The molecule has 48 heavy (non-hydrogen) atoms. The first-order chi connectivity index (χ1) is 23.4. The number of imidazole rings is 1. The van der Waals surface area contributed by atoms with Crippen LogP contribution in [0, 0.1) is 11.6 Å². The van der Waals surface area contributed by atoms with E-state index in [9.17, 15) is 13.6 Å². The molecule has 0 aliphatic carbocycles. The van der Waals surface area contributed by atoms with Gasteiger partial charge in [-0.15, -0.1) is 0 Å². The number of hydrogen-bond acceptors (Lipinski definition) is 7. The average molecular weight is 657 g/mol. The number of rotatable bonds is 16. The van der Waals surface area contributed by atoms with E-state index in [1.807, 2.05) is 28.8 Å². The summed E-state index contributed by atoms with van der Waals surface area (Å²) in [7, 11) is 3.15. The number of methoxy groups -OCH3 is 2. The van der Waals surface area contributed by atoms with Crippen LogP contribution in [-0.4, -0.2) is 69.2 Å². The van der Waals surface area contributed by atoms with Crippen LogP contribution >= 0.6 is 0 Å². The van der Waals surface area contributed by atoms with Gasteiger partial charge in [0.05, 0.1) is 52.0 Å². The summed E-state index contributed by atoms with van der Waals surface area (Å²) in [5.74, 6) is 0.771. The van der Waals surface area contributed by atoms with Crippen LogP contribution < -0.4 is 20.5 Å². The minimum Gasteiger partial charge on any atom is -0.497 e. The minimum atomic E-state index is -0.372. The van der Waals surface area contributed by atoms with Gasteiger partial charge in [-0.25, -0.2) is 13.8 Å². The molecule has 0 atom stereocenters. The van der Waals surface area contributed by atoms with Crippen LogP contribution in [0.25, 0.3) is 33.9 Å². The maximum absolute atomic E-state index is 14.1. The van der Waals surface area contributed by atoms with Gasteiger partial charge in [0, 0.05) is 48.0 Å². The van der Waals surface area contributed by atoms with Gasteiger partial charge < -0.3 is 34.6 Å². The summed E-state index contributed by atoms with van der Waals surface area (Å²) >= 11 is 0. The van der Waals surface area contributed by atoms with Crippen molar-refractivity contribution in [2.45, 2.75) is 6.54 Å². The summed E-state index contributed by atoms with van der Waals surface area (Å²) in [6.07, 6.45) is 0. The highest BCUT2D eigenvalue weighted by atomic mass is 19.1. The number of ether oxygens (including phenoxy) is 4. The second kappa shape index (κ2) is 16.6. The molecule has 0 fully saturated rings. The predicted octanol–water partition coefficient (Wildman–Crippen LogP) is 5.95. The number of carbonyl (C=O) groups is 1. The van der Waals surface area contributed by atoms with E-state index in [1.165, 1.54) is 24.3 Å². The number of benzene rings is 4. The molecular formula is C37H38F2N4O5. The first-order valence-corrected chi connectivity index (χ1v) is 15.5. The van der Waals surface area contributed by atoms with Crippen molar-refractivity contribution in [3.05, 3.63) is 114 Å². The molecule has 5 aromatic rings. The monoisotopic (exact) mass is 656 g/mol. The number of halogens is 2. The van der Waals surface area contributed by atoms with E-state index in [1.54, 1.807) is 56.7 Å². The van der Waals surface area contributed by atoms with Crippen LogP contribution in [0.15, 0.2) is 91.0 Å².